The van der Waals surface area contributed by atoms with Crippen LogP contribution in [0.1, 0.15) is 44.9 Å². The van der Waals surface area contributed by atoms with Gasteiger partial charge in [-0.15, -0.1) is 0 Å². The lowest BCUT2D eigenvalue weighted by Gasteiger charge is -2.35. The van der Waals surface area contributed by atoms with Crippen molar-refractivity contribution < 1.29 is 13.2 Å². The van der Waals surface area contributed by atoms with Gasteiger partial charge in [0.25, 0.3) is 0 Å². The number of rotatable bonds is 6. The third-order valence-corrected chi connectivity index (χ3v) is 7.50. The van der Waals surface area contributed by atoms with Crippen LogP contribution in [-0.4, -0.2) is 69.5 Å². The molecule has 0 aromatic carbocycles. The number of sulfone groups is 1. The van der Waals surface area contributed by atoms with Crippen molar-refractivity contribution in [2.45, 2.75) is 55.7 Å². The van der Waals surface area contributed by atoms with Crippen molar-refractivity contribution in [3.63, 3.8) is 0 Å². The van der Waals surface area contributed by atoms with Gasteiger partial charge in [0.2, 0.25) is 5.91 Å². The molecule has 0 unspecified atom stereocenters. The molecular formula is C16H31N3O3S. The average Bonchev–Trinajstić information content (AvgIpc) is 2.55. The second kappa shape index (κ2) is 7.94. The van der Waals surface area contributed by atoms with Gasteiger partial charge in [-0.2, -0.15) is 0 Å². The van der Waals surface area contributed by atoms with E-state index in [1.807, 2.05) is 0 Å². The summed E-state index contributed by atoms with van der Waals surface area (Å²) < 4.78 is 23.1. The van der Waals surface area contributed by atoms with Gasteiger partial charge in [0.1, 0.15) is 0 Å². The van der Waals surface area contributed by atoms with E-state index in [9.17, 15) is 13.2 Å². The maximum atomic E-state index is 12.6. The molecule has 0 radical (unpaired) electrons. The second-order valence-corrected chi connectivity index (χ2v) is 9.37. The highest BCUT2D eigenvalue weighted by Crippen LogP contribution is 2.28. The Morgan fingerprint density at radius 3 is 2.39 bits per heavy atom. The molecule has 1 amide bonds. The lowest BCUT2D eigenvalue weighted by Crippen LogP contribution is -2.58. The Morgan fingerprint density at radius 1 is 1.22 bits per heavy atom. The Bertz CT molecular complexity index is 495. The van der Waals surface area contributed by atoms with E-state index in [0.29, 0.717) is 38.5 Å². The van der Waals surface area contributed by atoms with E-state index >= 15 is 0 Å². The van der Waals surface area contributed by atoms with E-state index in [1.165, 1.54) is 38.4 Å². The maximum Gasteiger partial charge on any atom is 0.241 e. The predicted molar refractivity (Wildman–Crippen MR) is 92.2 cm³/mol. The largest absolute Gasteiger partial charge is 0.353 e. The topological polar surface area (TPSA) is 78.5 Å². The molecule has 2 N–H and O–H groups in total. The molecule has 0 aromatic rings. The van der Waals surface area contributed by atoms with Crippen LogP contribution >= 0.6 is 0 Å². The van der Waals surface area contributed by atoms with Gasteiger partial charge in [-0.3, -0.25) is 4.79 Å². The molecule has 6 nitrogen and oxygen atoms in total. The number of hydrogen-bond donors (Lipinski definition) is 2. The molecule has 7 heteroatoms. The number of likely N-dealkylation sites (N-methyl/N-ethyl adjacent to an activating group) is 1. The Balaban J connectivity index is 1.87. The molecular weight excluding hydrogens is 314 g/mol. The number of nitrogens with zero attached hydrogens (tertiary/aromatic N) is 1. The summed E-state index contributed by atoms with van der Waals surface area (Å²) in [5.41, 5.74) is 0. The van der Waals surface area contributed by atoms with Gasteiger partial charge >= 0.3 is 0 Å². The van der Waals surface area contributed by atoms with Crippen molar-refractivity contribution in [3.05, 3.63) is 0 Å². The van der Waals surface area contributed by atoms with Crippen LogP contribution in [0, 0.1) is 0 Å². The molecule has 2 aliphatic rings. The Hall–Kier alpha value is -0.660. The van der Waals surface area contributed by atoms with Crippen LogP contribution in [0.2, 0.25) is 0 Å². The fraction of sp³-hybridized carbons (Fsp3) is 0.938. The molecule has 0 spiro atoms. The van der Waals surface area contributed by atoms with E-state index in [2.05, 4.69) is 22.6 Å². The molecule has 1 aliphatic carbocycles. The third-order valence-electron chi connectivity index (χ3n) is 5.48. The molecule has 0 atom stereocenters. The minimum absolute atomic E-state index is 0.321. The Morgan fingerprint density at radius 2 is 1.83 bits per heavy atom. The first kappa shape index (κ1) is 18.7. The number of amides is 1. The monoisotopic (exact) mass is 345 g/mol. The molecule has 1 aliphatic heterocycles. The second-order valence-electron chi connectivity index (χ2n) is 7.04. The quantitative estimate of drug-likeness (QED) is 0.734. The summed E-state index contributed by atoms with van der Waals surface area (Å²) in [5, 5.41) is 6.01. The minimum atomic E-state index is -3.42. The minimum Gasteiger partial charge on any atom is -0.353 e. The summed E-state index contributed by atoms with van der Waals surface area (Å²) in [6, 6.07) is 0.600. The van der Waals surface area contributed by atoms with Gasteiger partial charge in [-0.25, -0.2) is 8.42 Å². The first-order valence-electron chi connectivity index (χ1n) is 8.76. The highest BCUT2D eigenvalue weighted by molar-refractivity contribution is 7.92. The average molecular weight is 346 g/mol. The van der Waals surface area contributed by atoms with Gasteiger partial charge in [-0.05, 0) is 45.8 Å². The molecule has 0 aromatic heterocycles. The van der Waals surface area contributed by atoms with Crippen molar-refractivity contribution in [2.24, 2.45) is 0 Å². The Kier molecular flexibility index (Phi) is 6.45. The fourth-order valence-corrected chi connectivity index (χ4v) is 5.16. The number of carbonyl (C=O) groups is 1. The zero-order valence-electron chi connectivity index (χ0n) is 14.4. The van der Waals surface area contributed by atoms with E-state index < -0.39 is 14.6 Å². The van der Waals surface area contributed by atoms with E-state index in [1.54, 1.807) is 0 Å². The maximum absolute atomic E-state index is 12.6. The van der Waals surface area contributed by atoms with Crippen molar-refractivity contribution in [1.29, 1.82) is 0 Å². The summed E-state index contributed by atoms with van der Waals surface area (Å²) in [6.07, 6.45) is 8.24. The predicted octanol–water partition coefficient (Wildman–Crippen LogP) is 0.534. The van der Waals surface area contributed by atoms with Crippen LogP contribution in [0.4, 0.5) is 0 Å². The smallest absolute Gasteiger partial charge is 0.241 e. The van der Waals surface area contributed by atoms with Crippen LogP contribution in [0.5, 0.6) is 0 Å². The highest BCUT2D eigenvalue weighted by Gasteiger charge is 2.48. The lowest BCUT2D eigenvalue weighted by molar-refractivity contribution is -0.124. The normalized spacial score (nSPS) is 22.9. The van der Waals surface area contributed by atoms with Crippen LogP contribution in [-0.2, 0) is 14.6 Å². The fourth-order valence-electron chi connectivity index (χ4n) is 3.81. The van der Waals surface area contributed by atoms with Crippen LogP contribution in [0.15, 0.2) is 0 Å². The molecule has 1 saturated heterocycles. The molecule has 1 saturated carbocycles. The highest BCUT2D eigenvalue weighted by atomic mass is 32.2. The molecule has 134 valence electrons. The van der Waals surface area contributed by atoms with Crippen LogP contribution < -0.4 is 10.6 Å². The van der Waals surface area contributed by atoms with Crippen molar-refractivity contribution >= 4 is 15.7 Å². The number of carbonyl (C=O) groups excluding carboxylic acids is 1. The Labute approximate surface area is 140 Å². The molecule has 2 fully saturated rings. The van der Waals surface area contributed by atoms with Crippen LogP contribution in [0.3, 0.4) is 0 Å². The van der Waals surface area contributed by atoms with Crippen LogP contribution in [0.25, 0.3) is 0 Å². The van der Waals surface area contributed by atoms with Gasteiger partial charge in [0, 0.05) is 25.4 Å². The van der Waals surface area contributed by atoms with E-state index in [4.69, 9.17) is 0 Å². The molecule has 0 bridgehead atoms. The van der Waals surface area contributed by atoms with Crippen molar-refractivity contribution in [3.8, 4) is 0 Å². The van der Waals surface area contributed by atoms with Crippen molar-refractivity contribution in [1.82, 2.24) is 15.5 Å². The summed E-state index contributed by atoms with van der Waals surface area (Å²) >= 11 is 0. The zero-order valence-corrected chi connectivity index (χ0v) is 15.3. The van der Waals surface area contributed by atoms with Gasteiger partial charge in [0.05, 0.1) is 0 Å². The molecule has 23 heavy (non-hydrogen) atoms. The van der Waals surface area contributed by atoms with Gasteiger partial charge in [0.15, 0.2) is 14.6 Å². The summed E-state index contributed by atoms with van der Waals surface area (Å²) in [7, 11) is -1.33. The number of hydrogen-bond acceptors (Lipinski definition) is 5. The van der Waals surface area contributed by atoms with Crippen molar-refractivity contribution in [2.75, 3.05) is 39.5 Å². The van der Waals surface area contributed by atoms with Gasteiger partial charge in [-0.1, -0.05) is 19.3 Å². The van der Waals surface area contributed by atoms with E-state index in [0.717, 1.165) is 6.54 Å². The summed E-state index contributed by atoms with van der Waals surface area (Å²) in [5.74, 6) is -0.321. The summed E-state index contributed by atoms with van der Waals surface area (Å²) in [6.45, 7) is 2.43. The molecule has 1 heterocycles. The number of nitrogens with one attached hydrogen (secondary N) is 2. The third kappa shape index (κ3) is 4.45. The first-order chi connectivity index (χ1) is 10.9. The van der Waals surface area contributed by atoms with Gasteiger partial charge < -0.3 is 15.5 Å². The summed E-state index contributed by atoms with van der Waals surface area (Å²) in [4.78, 5) is 14.9. The number of piperidine rings is 1. The lowest BCUT2D eigenvalue weighted by atomic mass is 9.94. The SMILES string of the molecule is CN(CCNC(=O)C1(S(C)(=O)=O)CCNCC1)C1CCCCC1. The molecule has 2 rings (SSSR count). The standard InChI is InChI=1S/C16H31N3O3S/c1-19(14-6-4-3-5-7-14)13-12-18-15(20)16(23(2,21)22)8-10-17-11-9-16/h14,17H,3-13H2,1-2H3,(H,18,20). The van der Waals surface area contributed by atoms with E-state index in [-0.39, 0.29) is 5.91 Å². The first-order valence-corrected chi connectivity index (χ1v) is 10.6. The zero-order chi connectivity index (χ0) is 16.9.